The van der Waals surface area contributed by atoms with Crippen molar-refractivity contribution in [1.82, 2.24) is 10.2 Å². The lowest BCUT2D eigenvalue weighted by Gasteiger charge is -2.28. The Balaban J connectivity index is 4.96. The van der Waals surface area contributed by atoms with E-state index < -0.39 is 24.0 Å². The third-order valence-corrected chi connectivity index (χ3v) is 3.25. The third-order valence-electron chi connectivity index (χ3n) is 3.25. The largest absolute Gasteiger partial charge is 0.467 e. The van der Waals surface area contributed by atoms with Gasteiger partial charge in [0, 0.05) is 13.5 Å². The molecule has 0 aromatic carbocycles. The Bertz CT molecular complexity index is 464. The van der Waals surface area contributed by atoms with Gasteiger partial charge in [-0.2, -0.15) is 0 Å². The molecule has 138 valence electrons. The van der Waals surface area contributed by atoms with Crippen molar-refractivity contribution in [2.24, 2.45) is 16.5 Å². The maximum Gasteiger partial charge on any atom is 0.328 e. The minimum atomic E-state index is -0.898. The molecule has 0 fully saturated rings. The number of rotatable bonds is 9. The summed E-state index contributed by atoms with van der Waals surface area (Å²) in [4.78, 5) is 40.6. The van der Waals surface area contributed by atoms with Gasteiger partial charge in [-0.25, -0.2) is 9.59 Å². The maximum atomic E-state index is 12.1. The lowest BCUT2D eigenvalue weighted by Crippen LogP contribution is -2.50. The molecule has 0 bridgehead atoms. The van der Waals surface area contributed by atoms with E-state index in [1.165, 1.54) is 14.2 Å². The molecular weight excluding hydrogens is 318 g/mol. The van der Waals surface area contributed by atoms with Crippen LogP contribution in [0.1, 0.15) is 26.7 Å². The van der Waals surface area contributed by atoms with Crippen LogP contribution in [-0.2, 0) is 19.1 Å². The third kappa shape index (κ3) is 7.65. The van der Waals surface area contributed by atoms with Crippen LogP contribution in [0.5, 0.6) is 0 Å². The molecule has 10 heteroatoms. The van der Waals surface area contributed by atoms with Gasteiger partial charge in [0.2, 0.25) is 0 Å². The highest BCUT2D eigenvalue weighted by Crippen LogP contribution is 2.13. The second-order valence-corrected chi connectivity index (χ2v) is 4.97. The summed E-state index contributed by atoms with van der Waals surface area (Å²) in [5.41, 5.74) is 10.7. The summed E-state index contributed by atoms with van der Waals surface area (Å²) in [7, 11) is 2.64. The number of esters is 2. The van der Waals surface area contributed by atoms with E-state index in [-0.39, 0.29) is 31.6 Å². The zero-order chi connectivity index (χ0) is 18.7. The Labute approximate surface area is 141 Å². The van der Waals surface area contributed by atoms with Crippen molar-refractivity contribution in [1.29, 1.82) is 0 Å². The van der Waals surface area contributed by atoms with Gasteiger partial charge in [0.05, 0.1) is 19.8 Å². The molecule has 0 spiro atoms. The molecule has 0 saturated heterocycles. The van der Waals surface area contributed by atoms with Crippen molar-refractivity contribution in [3.63, 3.8) is 0 Å². The number of nitrogens with zero attached hydrogens (tertiary/aromatic N) is 2. The molecule has 5 N–H and O–H groups in total. The molecule has 1 unspecified atom stereocenters. The van der Waals surface area contributed by atoms with Gasteiger partial charge in [-0.1, -0.05) is 6.92 Å². The number of carbonyl (C=O) groups excluding carboxylic acids is 3. The summed E-state index contributed by atoms with van der Waals surface area (Å²) in [5.74, 6) is -1.27. The van der Waals surface area contributed by atoms with E-state index in [4.69, 9.17) is 20.9 Å². The number of aliphatic imine (C=N–C) groups is 1. The standard InChI is InChI=1S/C14H27N5O5/c1-5-9(18-13(15)16)7-10(12(21)23-4)19(3)14(22)17-8-11(20)24-6-2/h9-10H,5-8H2,1-4H3,(H,17,22)(H4,15,16,18)/t9-,10?/m0/s1. The van der Waals surface area contributed by atoms with Crippen molar-refractivity contribution in [2.45, 2.75) is 38.8 Å². The number of hydrogen-bond acceptors (Lipinski definition) is 6. The summed E-state index contributed by atoms with van der Waals surface area (Å²) in [6.45, 7) is 3.43. The van der Waals surface area contributed by atoms with Crippen LogP contribution in [0.15, 0.2) is 4.99 Å². The number of guanidine groups is 1. The fourth-order valence-corrected chi connectivity index (χ4v) is 1.95. The summed E-state index contributed by atoms with van der Waals surface area (Å²) in [6.07, 6.45) is 0.758. The van der Waals surface area contributed by atoms with Crippen LogP contribution >= 0.6 is 0 Å². The number of amides is 2. The first-order valence-corrected chi connectivity index (χ1v) is 7.59. The quantitative estimate of drug-likeness (QED) is 0.280. The molecule has 0 aliphatic rings. The molecule has 0 saturated carbocycles. The van der Waals surface area contributed by atoms with Crippen LogP contribution in [-0.4, -0.2) is 68.2 Å². The second-order valence-electron chi connectivity index (χ2n) is 4.97. The van der Waals surface area contributed by atoms with Crippen LogP contribution in [0.4, 0.5) is 4.79 Å². The summed E-state index contributed by atoms with van der Waals surface area (Å²) >= 11 is 0. The molecule has 2 atom stereocenters. The first kappa shape index (κ1) is 21.5. The molecule has 0 aromatic heterocycles. The Morgan fingerprint density at radius 3 is 2.33 bits per heavy atom. The lowest BCUT2D eigenvalue weighted by atomic mass is 10.0. The van der Waals surface area contributed by atoms with Crippen molar-refractivity contribution in [3.8, 4) is 0 Å². The van der Waals surface area contributed by atoms with Gasteiger partial charge in [-0.05, 0) is 13.3 Å². The first-order chi connectivity index (χ1) is 11.3. The molecule has 0 heterocycles. The van der Waals surface area contributed by atoms with Gasteiger partial charge < -0.3 is 31.2 Å². The summed E-state index contributed by atoms with van der Waals surface area (Å²) < 4.78 is 9.45. The average Bonchev–Trinajstić information content (AvgIpc) is 2.54. The highest BCUT2D eigenvalue weighted by Gasteiger charge is 2.30. The lowest BCUT2D eigenvalue weighted by molar-refractivity contribution is -0.145. The number of methoxy groups -OCH3 is 1. The molecule has 0 aliphatic carbocycles. The number of likely N-dealkylation sites (N-methyl/N-ethyl adjacent to an activating group) is 1. The number of ether oxygens (including phenoxy) is 2. The fraction of sp³-hybridized carbons (Fsp3) is 0.714. The number of urea groups is 1. The number of hydrogen-bond donors (Lipinski definition) is 3. The van der Waals surface area contributed by atoms with E-state index in [1.54, 1.807) is 6.92 Å². The van der Waals surface area contributed by atoms with Gasteiger partial charge in [-0.3, -0.25) is 9.79 Å². The predicted molar refractivity (Wildman–Crippen MR) is 88.1 cm³/mol. The monoisotopic (exact) mass is 345 g/mol. The smallest absolute Gasteiger partial charge is 0.328 e. The van der Waals surface area contributed by atoms with Crippen LogP contribution < -0.4 is 16.8 Å². The number of carbonyl (C=O) groups is 3. The van der Waals surface area contributed by atoms with Gasteiger partial charge >= 0.3 is 18.0 Å². The fourth-order valence-electron chi connectivity index (χ4n) is 1.95. The Morgan fingerprint density at radius 2 is 1.88 bits per heavy atom. The summed E-state index contributed by atoms with van der Waals surface area (Å²) in [5, 5.41) is 2.38. The molecule has 24 heavy (non-hydrogen) atoms. The Kier molecular flexibility index (Phi) is 9.92. The van der Waals surface area contributed by atoms with E-state index in [0.29, 0.717) is 6.42 Å². The minimum Gasteiger partial charge on any atom is -0.467 e. The highest BCUT2D eigenvalue weighted by atomic mass is 16.5. The van der Waals surface area contributed by atoms with Crippen molar-refractivity contribution >= 4 is 23.9 Å². The second kappa shape index (κ2) is 11.1. The molecule has 0 aromatic rings. The van der Waals surface area contributed by atoms with Crippen molar-refractivity contribution < 1.29 is 23.9 Å². The van der Waals surface area contributed by atoms with E-state index in [2.05, 4.69) is 10.3 Å². The zero-order valence-electron chi connectivity index (χ0n) is 14.6. The van der Waals surface area contributed by atoms with Crippen molar-refractivity contribution in [3.05, 3.63) is 0 Å². The van der Waals surface area contributed by atoms with Crippen LogP contribution in [0.2, 0.25) is 0 Å². The molecule has 10 nitrogen and oxygen atoms in total. The Hall–Kier alpha value is -2.52. The molecule has 2 amide bonds. The van der Waals surface area contributed by atoms with Gasteiger partial charge in [0.25, 0.3) is 0 Å². The number of nitrogens with one attached hydrogen (secondary N) is 1. The maximum absolute atomic E-state index is 12.1. The Morgan fingerprint density at radius 1 is 1.25 bits per heavy atom. The average molecular weight is 345 g/mol. The molecule has 0 rings (SSSR count). The zero-order valence-corrected chi connectivity index (χ0v) is 14.6. The number of nitrogens with two attached hydrogens (primary N) is 2. The predicted octanol–water partition coefficient (Wildman–Crippen LogP) is -0.825. The normalized spacial score (nSPS) is 12.5. The van der Waals surface area contributed by atoms with Crippen LogP contribution in [0.3, 0.4) is 0 Å². The van der Waals surface area contributed by atoms with Crippen molar-refractivity contribution in [2.75, 3.05) is 27.3 Å². The topological polar surface area (TPSA) is 149 Å². The molecule has 0 radical (unpaired) electrons. The van der Waals surface area contributed by atoms with Gasteiger partial charge in [0.15, 0.2) is 5.96 Å². The van der Waals surface area contributed by atoms with Gasteiger partial charge in [0.1, 0.15) is 12.6 Å². The first-order valence-electron chi connectivity index (χ1n) is 7.59. The molecular formula is C14H27N5O5. The summed E-state index contributed by atoms with van der Waals surface area (Å²) in [6, 6.07) is -1.86. The van der Waals surface area contributed by atoms with Crippen LogP contribution in [0, 0.1) is 0 Å². The van der Waals surface area contributed by atoms with E-state index in [1.807, 2.05) is 6.92 Å². The van der Waals surface area contributed by atoms with E-state index in [0.717, 1.165) is 4.90 Å². The van der Waals surface area contributed by atoms with Gasteiger partial charge in [-0.15, -0.1) is 0 Å². The molecule has 0 aliphatic heterocycles. The SMILES string of the molecule is CCOC(=O)CNC(=O)N(C)C(C[C@H](CC)N=C(N)N)C(=O)OC. The highest BCUT2D eigenvalue weighted by molar-refractivity contribution is 5.85. The van der Waals surface area contributed by atoms with Crippen LogP contribution in [0.25, 0.3) is 0 Å². The van der Waals surface area contributed by atoms with E-state index >= 15 is 0 Å². The minimum absolute atomic E-state index is 0.0973. The van der Waals surface area contributed by atoms with E-state index in [9.17, 15) is 14.4 Å².